The number of rotatable bonds is 4. The van der Waals surface area contributed by atoms with E-state index in [9.17, 15) is 14.9 Å². The number of amides is 1. The summed E-state index contributed by atoms with van der Waals surface area (Å²) in [5.41, 5.74) is 0.593. The summed E-state index contributed by atoms with van der Waals surface area (Å²) < 4.78 is 0. The molecule has 0 heterocycles. The van der Waals surface area contributed by atoms with Crippen molar-refractivity contribution in [2.24, 2.45) is 5.92 Å². The monoisotopic (exact) mass is 310 g/mol. The largest absolute Gasteiger partial charge is 0.351 e. The van der Waals surface area contributed by atoms with Gasteiger partial charge < -0.3 is 5.32 Å². The van der Waals surface area contributed by atoms with Gasteiger partial charge in [0, 0.05) is 18.0 Å². The number of nitro groups is 1. The highest BCUT2D eigenvalue weighted by Crippen LogP contribution is 2.28. The zero-order valence-electron chi connectivity index (χ0n) is 12.0. The van der Waals surface area contributed by atoms with Crippen molar-refractivity contribution in [2.75, 3.05) is 6.54 Å². The fraction of sp³-hybridized carbons (Fsp3) is 0.533. The standard InChI is InChI=1S/C15H19ClN2O3/c1-10-5-4-8-13(18(20)21)14(10)15(19)17-9-11-6-2-3-7-12(11)16/h4-5,8,11-12H,2-3,6-7,9H2,1H3,(H,17,19). The van der Waals surface area contributed by atoms with Crippen LogP contribution >= 0.6 is 11.6 Å². The maximum Gasteiger partial charge on any atom is 0.282 e. The highest BCUT2D eigenvalue weighted by molar-refractivity contribution is 6.20. The molecule has 1 aliphatic rings. The van der Waals surface area contributed by atoms with Crippen molar-refractivity contribution in [3.63, 3.8) is 0 Å². The Kier molecular flexibility index (Phi) is 5.17. The molecule has 6 heteroatoms. The average molecular weight is 311 g/mol. The van der Waals surface area contributed by atoms with Crippen LogP contribution in [0.5, 0.6) is 0 Å². The first-order chi connectivity index (χ1) is 10.0. The Balaban J connectivity index is 2.08. The lowest BCUT2D eigenvalue weighted by Gasteiger charge is -2.27. The molecule has 1 fully saturated rings. The molecule has 1 N–H and O–H groups in total. The number of nitro benzene ring substituents is 1. The lowest BCUT2D eigenvalue weighted by atomic mass is 9.88. The van der Waals surface area contributed by atoms with Gasteiger partial charge in [-0.1, -0.05) is 25.0 Å². The van der Waals surface area contributed by atoms with Crippen LogP contribution in [-0.2, 0) is 0 Å². The summed E-state index contributed by atoms with van der Waals surface area (Å²) in [6, 6.07) is 4.64. The Morgan fingerprint density at radius 1 is 1.43 bits per heavy atom. The molecule has 2 atom stereocenters. The lowest BCUT2D eigenvalue weighted by Crippen LogP contribution is -2.35. The Bertz CT molecular complexity index is 548. The second kappa shape index (κ2) is 6.89. The van der Waals surface area contributed by atoms with Crippen molar-refractivity contribution in [3.8, 4) is 0 Å². The first-order valence-electron chi connectivity index (χ1n) is 7.17. The van der Waals surface area contributed by atoms with Gasteiger partial charge in [0.2, 0.25) is 0 Å². The third-order valence-corrected chi connectivity index (χ3v) is 4.59. The van der Waals surface area contributed by atoms with Gasteiger partial charge >= 0.3 is 0 Å². The fourth-order valence-electron chi connectivity index (χ4n) is 2.80. The van der Waals surface area contributed by atoms with Crippen LogP contribution in [0, 0.1) is 23.0 Å². The van der Waals surface area contributed by atoms with Crippen LogP contribution in [0.3, 0.4) is 0 Å². The van der Waals surface area contributed by atoms with Crippen molar-refractivity contribution < 1.29 is 9.72 Å². The van der Waals surface area contributed by atoms with Gasteiger partial charge in [0.1, 0.15) is 5.56 Å². The summed E-state index contributed by atoms with van der Waals surface area (Å²) in [5, 5.41) is 13.9. The SMILES string of the molecule is Cc1cccc([N+](=O)[O-])c1C(=O)NCC1CCCCC1Cl. The van der Waals surface area contributed by atoms with Crippen LogP contribution in [0.4, 0.5) is 5.69 Å². The zero-order chi connectivity index (χ0) is 15.4. The van der Waals surface area contributed by atoms with Gasteiger partial charge in [-0.25, -0.2) is 0 Å². The number of carbonyl (C=O) groups excluding carboxylic acids is 1. The van der Waals surface area contributed by atoms with E-state index in [4.69, 9.17) is 11.6 Å². The molecule has 5 nitrogen and oxygen atoms in total. The van der Waals surface area contributed by atoms with E-state index in [2.05, 4.69) is 5.32 Å². The summed E-state index contributed by atoms with van der Waals surface area (Å²) in [4.78, 5) is 22.8. The van der Waals surface area contributed by atoms with E-state index in [0.717, 1.165) is 25.7 Å². The number of nitrogens with zero attached hydrogens (tertiary/aromatic N) is 1. The van der Waals surface area contributed by atoms with E-state index in [0.29, 0.717) is 12.1 Å². The van der Waals surface area contributed by atoms with Gasteiger partial charge in [0.15, 0.2) is 0 Å². The summed E-state index contributed by atoms with van der Waals surface area (Å²) >= 11 is 6.27. The molecular weight excluding hydrogens is 292 g/mol. The van der Waals surface area contributed by atoms with Crippen LogP contribution in [0.25, 0.3) is 0 Å². The smallest absolute Gasteiger partial charge is 0.282 e. The Morgan fingerprint density at radius 2 is 2.14 bits per heavy atom. The number of aryl methyl sites for hydroxylation is 1. The van der Waals surface area contributed by atoms with Gasteiger partial charge in [-0.2, -0.15) is 0 Å². The molecule has 0 aliphatic heterocycles. The van der Waals surface area contributed by atoms with Crippen molar-refractivity contribution in [1.29, 1.82) is 0 Å². The molecule has 1 aliphatic carbocycles. The molecule has 0 bridgehead atoms. The molecule has 1 aromatic rings. The Morgan fingerprint density at radius 3 is 2.81 bits per heavy atom. The van der Waals surface area contributed by atoms with Crippen molar-refractivity contribution in [2.45, 2.75) is 38.0 Å². The normalized spacial score (nSPS) is 21.8. The van der Waals surface area contributed by atoms with Gasteiger partial charge in [-0.3, -0.25) is 14.9 Å². The highest BCUT2D eigenvalue weighted by atomic mass is 35.5. The molecule has 0 saturated heterocycles. The summed E-state index contributed by atoms with van der Waals surface area (Å²) in [6.07, 6.45) is 4.20. The number of halogens is 1. The molecular formula is C15H19ClN2O3. The van der Waals surface area contributed by atoms with Crippen LogP contribution in [-0.4, -0.2) is 22.8 Å². The molecule has 21 heavy (non-hydrogen) atoms. The number of carbonyl (C=O) groups is 1. The van der Waals surface area contributed by atoms with Gasteiger partial charge in [-0.05, 0) is 31.2 Å². The van der Waals surface area contributed by atoms with E-state index in [1.54, 1.807) is 19.1 Å². The van der Waals surface area contributed by atoms with E-state index in [1.807, 2.05) is 0 Å². The second-order valence-electron chi connectivity index (χ2n) is 5.50. The quantitative estimate of drug-likeness (QED) is 0.526. The first-order valence-corrected chi connectivity index (χ1v) is 7.60. The molecule has 0 spiro atoms. The third-order valence-electron chi connectivity index (χ3n) is 4.02. The lowest BCUT2D eigenvalue weighted by molar-refractivity contribution is -0.385. The molecule has 1 saturated carbocycles. The summed E-state index contributed by atoms with van der Waals surface area (Å²) in [7, 11) is 0. The fourth-order valence-corrected chi connectivity index (χ4v) is 3.17. The van der Waals surface area contributed by atoms with Crippen molar-refractivity contribution in [1.82, 2.24) is 5.32 Å². The molecule has 1 aromatic carbocycles. The van der Waals surface area contributed by atoms with Crippen LogP contribution in [0.15, 0.2) is 18.2 Å². The minimum absolute atomic E-state index is 0.0749. The van der Waals surface area contributed by atoms with Crippen LogP contribution in [0.2, 0.25) is 0 Å². The number of hydrogen-bond acceptors (Lipinski definition) is 3. The number of hydrogen-bond donors (Lipinski definition) is 1. The van der Waals surface area contributed by atoms with E-state index in [-0.39, 0.29) is 22.5 Å². The predicted molar refractivity (Wildman–Crippen MR) is 81.8 cm³/mol. The molecule has 0 radical (unpaired) electrons. The predicted octanol–water partition coefficient (Wildman–Crippen LogP) is 3.43. The number of nitrogens with one attached hydrogen (secondary N) is 1. The minimum Gasteiger partial charge on any atom is -0.351 e. The topological polar surface area (TPSA) is 72.2 Å². The molecule has 1 amide bonds. The Hall–Kier alpha value is -1.62. The summed E-state index contributed by atoms with van der Waals surface area (Å²) in [6.45, 7) is 2.17. The summed E-state index contributed by atoms with van der Waals surface area (Å²) in [5.74, 6) is -0.151. The van der Waals surface area contributed by atoms with E-state index in [1.165, 1.54) is 6.07 Å². The van der Waals surface area contributed by atoms with Crippen LogP contribution < -0.4 is 5.32 Å². The molecule has 2 rings (SSSR count). The first kappa shape index (κ1) is 15.8. The number of alkyl halides is 1. The van der Waals surface area contributed by atoms with Crippen molar-refractivity contribution >= 4 is 23.2 Å². The highest BCUT2D eigenvalue weighted by Gasteiger charge is 2.26. The van der Waals surface area contributed by atoms with E-state index < -0.39 is 10.8 Å². The second-order valence-corrected chi connectivity index (χ2v) is 6.06. The van der Waals surface area contributed by atoms with Gasteiger partial charge in [0.25, 0.3) is 11.6 Å². The zero-order valence-corrected chi connectivity index (χ0v) is 12.7. The number of benzene rings is 1. The van der Waals surface area contributed by atoms with Crippen molar-refractivity contribution in [3.05, 3.63) is 39.4 Å². The average Bonchev–Trinajstić information content (AvgIpc) is 2.45. The van der Waals surface area contributed by atoms with Gasteiger partial charge in [0.05, 0.1) is 4.92 Å². The maximum atomic E-state index is 12.3. The van der Waals surface area contributed by atoms with E-state index >= 15 is 0 Å². The van der Waals surface area contributed by atoms with Crippen LogP contribution in [0.1, 0.15) is 41.6 Å². The third kappa shape index (κ3) is 3.73. The molecule has 114 valence electrons. The van der Waals surface area contributed by atoms with Gasteiger partial charge in [-0.15, -0.1) is 11.6 Å². The minimum atomic E-state index is -0.521. The molecule has 0 aromatic heterocycles. The molecule has 2 unspecified atom stereocenters. The Labute approximate surface area is 128 Å². The maximum absolute atomic E-state index is 12.3.